The second-order valence-electron chi connectivity index (χ2n) is 6.31. The van der Waals surface area contributed by atoms with Gasteiger partial charge in [-0.15, -0.1) is 0 Å². The van der Waals surface area contributed by atoms with Gasteiger partial charge in [0.05, 0.1) is 23.6 Å². The molecule has 0 aliphatic carbocycles. The standard InChI is InChI=1S/C15H19BClN3O/c16-20-6-4-10(5-7-20)15(9-20)8-19-12-3-1-2-11(17)13(12)18-14(19)21-15/h1-3,10H,4-9H2,16H3. The molecule has 1 spiro atoms. The molecular formula is C15H19BClN3O. The smallest absolute Gasteiger partial charge is 0.298 e. The van der Waals surface area contributed by atoms with Crippen molar-refractivity contribution in [3.05, 3.63) is 23.2 Å². The van der Waals surface area contributed by atoms with Gasteiger partial charge in [-0.3, -0.25) is 4.57 Å². The van der Waals surface area contributed by atoms with E-state index in [4.69, 9.17) is 16.3 Å². The van der Waals surface area contributed by atoms with Crippen LogP contribution in [0.15, 0.2) is 18.2 Å². The highest BCUT2D eigenvalue weighted by Gasteiger charge is 2.56. The van der Waals surface area contributed by atoms with Gasteiger partial charge in [0, 0.05) is 19.0 Å². The Kier molecular flexibility index (Phi) is 2.21. The fourth-order valence-corrected chi connectivity index (χ4v) is 4.44. The Morgan fingerprint density at radius 3 is 2.95 bits per heavy atom. The van der Waals surface area contributed by atoms with Gasteiger partial charge in [-0.25, -0.2) is 0 Å². The van der Waals surface area contributed by atoms with Gasteiger partial charge in [-0.05, 0) is 25.0 Å². The summed E-state index contributed by atoms with van der Waals surface area (Å²) in [5, 5.41) is 0.721. The summed E-state index contributed by atoms with van der Waals surface area (Å²) in [4.78, 5) is 4.67. The van der Waals surface area contributed by atoms with Gasteiger partial charge < -0.3 is 9.13 Å². The molecule has 110 valence electrons. The molecule has 1 aromatic heterocycles. The lowest BCUT2D eigenvalue weighted by Crippen LogP contribution is -2.69. The van der Waals surface area contributed by atoms with Crippen LogP contribution in [-0.4, -0.2) is 47.2 Å². The Morgan fingerprint density at radius 2 is 2.19 bits per heavy atom. The third-order valence-corrected chi connectivity index (χ3v) is 5.54. The minimum atomic E-state index is 0.0249. The maximum Gasteiger partial charge on any atom is 0.298 e. The van der Waals surface area contributed by atoms with Crippen molar-refractivity contribution in [3.8, 4) is 6.01 Å². The van der Waals surface area contributed by atoms with Gasteiger partial charge in [-0.2, -0.15) is 4.98 Å². The summed E-state index contributed by atoms with van der Waals surface area (Å²) >= 11 is 6.26. The zero-order chi connectivity index (χ0) is 14.2. The Bertz CT molecular complexity index is 753. The number of imidazole rings is 1. The second-order valence-corrected chi connectivity index (χ2v) is 6.71. The van der Waals surface area contributed by atoms with Gasteiger partial charge in [0.15, 0.2) is 13.6 Å². The number of quaternary nitrogens is 1. The Labute approximate surface area is 129 Å². The number of ether oxygens (including phenoxy) is 1. The van der Waals surface area contributed by atoms with E-state index in [-0.39, 0.29) is 5.60 Å². The number of aromatic nitrogens is 2. The van der Waals surface area contributed by atoms with Crippen molar-refractivity contribution in [2.75, 3.05) is 19.6 Å². The highest BCUT2D eigenvalue weighted by Crippen LogP contribution is 2.47. The van der Waals surface area contributed by atoms with Gasteiger partial charge in [0.2, 0.25) is 0 Å². The highest BCUT2D eigenvalue weighted by atomic mass is 35.5. The quantitative estimate of drug-likeness (QED) is 0.687. The van der Waals surface area contributed by atoms with Crippen LogP contribution in [0.25, 0.3) is 11.0 Å². The monoisotopic (exact) mass is 303 g/mol. The first-order valence-electron chi connectivity index (χ1n) is 7.31. The lowest BCUT2D eigenvalue weighted by molar-refractivity contribution is -0.845. The molecule has 4 nitrogen and oxygen atoms in total. The third kappa shape index (κ3) is 1.54. The minimum absolute atomic E-state index is 0.0249. The molecule has 2 bridgehead atoms. The maximum atomic E-state index is 6.49. The molecule has 21 heavy (non-hydrogen) atoms. The van der Waals surface area contributed by atoms with Crippen LogP contribution < -0.4 is 4.74 Å². The number of hydrogen-bond acceptors (Lipinski definition) is 2. The number of nitrogens with zero attached hydrogens (tertiary/aromatic N) is 3. The number of fused-ring (bicyclic) bond motifs is 5. The predicted molar refractivity (Wildman–Crippen MR) is 85.6 cm³/mol. The predicted octanol–water partition coefficient (Wildman–Crippen LogP) is 1.34. The summed E-state index contributed by atoms with van der Waals surface area (Å²) in [6.45, 7) is 5.01. The van der Waals surface area contributed by atoms with Crippen molar-refractivity contribution in [1.29, 1.82) is 0 Å². The maximum absolute atomic E-state index is 6.49. The first-order valence-corrected chi connectivity index (χ1v) is 7.69. The van der Waals surface area contributed by atoms with Crippen molar-refractivity contribution in [1.82, 2.24) is 9.55 Å². The Balaban J connectivity index is 1.61. The molecule has 4 aliphatic rings. The van der Waals surface area contributed by atoms with Crippen LogP contribution in [0.2, 0.25) is 5.02 Å². The van der Waals surface area contributed by atoms with E-state index in [1.807, 2.05) is 12.1 Å². The number of rotatable bonds is 0. The molecule has 5 heterocycles. The van der Waals surface area contributed by atoms with E-state index in [1.54, 1.807) is 0 Å². The van der Waals surface area contributed by atoms with Crippen molar-refractivity contribution in [2.45, 2.75) is 25.0 Å². The largest absolute Gasteiger partial charge is 0.519 e. The van der Waals surface area contributed by atoms with Crippen molar-refractivity contribution >= 4 is 30.6 Å². The fraction of sp³-hybridized carbons (Fsp3) is 0.533. The summed E-state index contributed by atoms with van der Waals surface area (Å²) in [7, 11) is 0.308. The zero-order valence-electron chi connectivity index (χ0n) is 11.2. The molecule has 1 unspecified atom stereocenters. The number of benzene rings is 1. The average molecular weight is 304 g/mol. The van der Waals surface area contributed by atoms with Crippen LogP contribution in [0.1, 0.15) is 12.8 Å². The van der Waals surface area contributed by atoms with E-state index in [0.717, 1.165) is 28.6 Å². The number of piperidine rings is 3. The van der Waals surface area contributed by atoms with Crippen LogP contribution in [0.3, 0.4) is 0 Å². The molecule has 1 atom stereocenters. The van der Waals surface area contributed by atoms with E-state index in [1.165, 1.54) is 36.9 Å². The van der Waals surface area contributed by atoms with Crippen molar-refractivity contribution in [2.24, 2.45) is 5.92 Å². The van der Waals surface area contributed by atoms with E-state index in [2.05, 4.69) is 15.6 Å². The van der Waals surface area contributed by atoms with Gasteiger partial charge in [0.1, 0.15) is 5.52 Å². The Morgan fingerprint density at radius 1 is 1.38 bits per heavy atom. The van der Waals surface area contributed by atoms with Gasteiger partial charge in [-0.1, -0.05) is 17.7 Å². The SMILES string of the molecule is [BH3-][N+]12CCC(CC1)C1(Cn3c(nc4c(Cl)cccc43)O1)C2. The normalized spacial score (nSPS) is 37.1. The number of halogens is 1. The topological polar surface area (TPSA) is 27.1 Å². The molecular weight excluding hydrogens is 284 g/mol. The molecule has 0 amide bonds. The molecule has 3 saturated heterocycles. The number of para-hydroxylation sites is 1. The summed E-state index contributed by atoms with van der Waals surface area (Å²) in [5.41, 5.74) is 2.03. The summed E-state index contributed by atoms with van der Waals surface area (Å²) in [6, 6.07) is 6.81. The first kappa shape index (κ1) is 12.4. The van der Waals surface area contributed by atoms with E-state index < -0.39 is 0 Å². The average Bonchev–Trinajstić information content (AvgIpc) is 2.95. The number of hydrogen-bond donors (Lipinski definition) is 0. The third-order valence-electron chi connectivity index (χ3n) is 5.24. The summed E-state index contributed by atoms with van der Waals surface area (Å²) in [6.07, 6.45) is 2.68. The van der Waals surface area contributed by atoms with E-state index in [9.17, 15) is 0 Å². The molecule has 4 aliphatic heterocycles. The molecule has 0 saturated carbocycles. The summed E-state index contributed by atoms with van der Waals surface area (Å²) < 4.78 is 10.2. The Hall–Kier alpha value is -1.20. The summed E-state index contributed by atoms with van der Waals surface area (Å²) in [5.74, 6) is 0.714. The van der Waals surface area contributed by atoms with Crippen molar-refractivity contribution in [3.63, 3.8) is 0 Å². The molecule has 1 aromatic carbocycles. The van der Waals surface area contributed by atoms with Crippen molar-refractivity contribution < 1.29 is 9.13 Å². The van der Waals surface area contributed by atoms with Gasteiger partial charge in [0.25, 0.3) is 6.01 Å². The molecule has 6 rings (SSSR count). The molecule has 0 radical (unpaired) electrons. The first-order chi connectivity index (χ1) is 10.1. The fourth-order valence-electron chi connectivity index (χ4n) is 4.22. The van der Waals surface area contributed by atoms with Crippen LogP contribution in [-0.2, 0) is 6.54 Å². The molecule has 0 N–H and O–H groups in total. The molecule has 3 fully saturated rings. The highest BCUT2D eigenvalue weighted by molar-refractivity contribution is 6.34. The molecule has 2 aromatic rings. The zero-order valence-corrected chi connectivity index (χ0v) is 11.9. The lowest BCUT2D eigenvalue weighted by Gasteiger charge is -2.60. The van der Waals surface area contributed by atoms with Crippen LogP contribution in [0.5, 0.6) is 6.01 Å². The minimum Gasteiger partial charge on any atom is -0.519 e. The second kappa shape index (κ2) is 3.76. The lowest BCUT2D eigenvalue weighted by atomic mass is 9.71. The van der Waals surface area contributed by atoms with Crippen LogP contribution in [0, 0.1) is 5.92 Å². The van der Waals surface area contributed by atoms with E-state index in [0.29, 0.717) is 13.9 Å². The van der Waals surface area contributed by atoms with E-state index >= 15 is 0 Å². The van der Waals surface area contributed by atoms with Crippen LogP contribution >= 0.6 is 11.6 Å². The van der Waals surface area contributed by atoms with Crippen LogP contribution in [0.4, 0.5) is 0 Å². The molecule has 6 heteroatoms. The van der Waals surface area contributed by atoms with Gasteiger partial charge >= 0.3 is 0 Å².